The number of hydrazine groups is 1. The molecule has 0 fully saturated rings. The van der Waals surface area contributed by atoms with Crippen molar-refractivity contribution in [2.45, 2.75) is 6.54 Å². The molecule has 4 N–H and O–H groups in total. The highest BCUT2D eigenvalue weighted by Crippen LogP contribution is 2.19. The van der Waals surface area contributed by atoms with Gasteiger partial charge in [0, 0.05) is 6.20 Å². The van der Waals surface area contributed by atoms with Crippen LogP contribution in [0.4, 0.5) is 11.6 Å². The van der Waals surface area contributed by atoms with Gasteiger partial charge in [-0.05, 0) is 27.6 Å². The Morgan fingerprint density at radius 3 is 3.00 bits per heavy atom. The first-order valence-corrected chi connectivity index (χ1v) is 6.51. The van der Waals surface area contributed by atoms with Crippen molar-refractivity contribution in [3.05, 3.63) is 41.0 Å². The lowest BCUT2D eigenvalue weighted by Gasteiger charge is -2.18. The van der Waals surface area contributed by atoms with Gasteiger partial charge in [-0.2, -0.15) is 5.10 Å². The second-order valence-electron chi connectivity index (χ2n) is 4.13. The van der Waals surface area contributed by atoms with Crippen molar-refractivity contribution in [3.8, 4) is 0 Å². The summed E-state index contributed by atoms with van der Waals surface area (Å²) in [5.74, 6) is 6.69. The van der Waals surface area contributed by atoms with Gasteiger partial charge >= 0.3 is 0 Å². The van der Waals surface area contributed by atoms with Crippen molar-refractivity contribution in [2.75, 3.05) is 10.7 Å². The molecule has 0 aromatic carbocycles. The fourth-order valence-corrected chi connectivity index (χ4v) is 2.07. The zero-order chi connectivity index (χ0) is 14.1. The fourth-order valence-electron chi connectivity index (χ4n) is 1.80. The number of anilines is 2. The molecule has 0 saturated heterocycles. The van der Waals surface area contributed by atoms with E-state index in [2.05, 4.69) is 36.0 Å². The lowest BCUT2D eigenvalue weighted by Crippen LogP contribution is -2.32. The molecule has 0 radical (unpaired) electrons. The molecule has 3 heterocycles. The molecular formula is C11H11BrN8. The first-order valence-electron chi connectivity index (χ1n) is 5.72. The minimum absolute atomic E-state index is 0.275. The Balaban J connectivity index is 1.87. The number of hydrogen-bond acceptors (Lipinski definition) is 7. The third kappa shape index (κ3) is 2.40. The number of nitrogen functional groups attached to an aromatic ring is 1. The molecule has 3 aromatic rings. The summed E-state index contributed by atoms with van der Waals surface area (Å²) in [5.41, 5.74) is 7.50. The molecule has 8 nitrogen and oxygen atoms in total. The first-order chi connectivity index (χ1) is 9.63. The van der Waals surface area contributed by atoms with E-state index in [4.69, 9.17) is 11.6 Å². The fraction of sp³-hybridized carbons (Fsp3) is 0.0909. The smallest absolute Gasteiger partial charge is 0.187 e. The maximum atomic E-state index is 6.00. The van der Waals surface area contributed by atoms with E-state index in [1.165, 1.54) is 17.5 Å². The Kier molecular flexibility index (Phi) is 3.20. The van der Waals surface area contributed by atoms with Crippen LogP contribution in [-0.2, 0) is 6.54 Å². The highest BCUT2D eigenvalue weighted by atomic mass is 79.9. The molecule has 102 valence electrons. The van der Waals surface area contributed by atoms with Crippen molar-refractivity contribution >= 4 is 33.2 Å². The molecule has 0 aliphatic carbocycles. The van der Waals surface area contributed by atoms with Gasteiger partial charge in [-0.25, -0.2) is 25.3 Å². The number of nitrogens with zero attached hydrogens (tertiary/aromatic N) is 6. The van der Waals surface area contributed by atoms with Crippen molar-refractivity contribution in [1.82, 2.24) is 24.6 Å². The Labute approximate surface area is 122 Å². The van der Waals surface area contributed by atoms with Crippen LogP contribution in [0.2, 0.25) is 0 Å². The number of aromatic nitrogens is 5. The summed E-state index contributed by atoms with van der Waals surface area (Å²) < 4.78 is 2.25. The number of pyridine rings is 1. The molecule has 3 aromatic heterocycles. The predicted octanol–water partition coefficient (Wildman–Crippen LogP) is 0.744. The molecule has 9 heteroatoms. The third-order valence-electron chi connectivity index (χ3n) is 2.71. The second-order valence-corrected chi connectivity index (χ2v) is 4.94. The summed E-state index contributed by atoms with van der Waals surface area (Å²) in [6, 6.07) is 3.79. The van der Waals surface area contributed by atoms with Crippen LogP contribution in [0.25, 0.3) is 5.65 Å². The molecule has 0 saturated carbocycles. The summed E-state index contributed by atoms with van der Waals surface area (Å²) in [6.45, 7) is 0.422. The van der Waals surface area contributed by atoms with Gasteiger partial charge in [0.15, 0.2) is 17.3 Å². The third-order valence-corrected chi connectivity index (χ3v) is 3.09. The number of hydrogen-bond donors (Lipinski definition) is 2. The average molecular weight is 335 g/mol. The number of rotatable bonds is 3. The van der Waals surface area contributed by atoms with Crippen LogP contribution in [0.3, 0.4) is 0 Å². The SMILES string of the molecule is Nc1ncc(Br)nc1N(N)Cc1ccc2ncnn2c1. The average Bonchev–Trinajstić information content (AvgIpc) is 2.89. The van der Waals surface area contributed by atoms with E-state index in [-0.39, 0.29) is 5.82 Å². The van der Waals surface area contributed by atoms with Gasteiger partial charge in [0.1, 0.15) is 10.9 Å². The van der Waals surface area contributed by atoms with Crippen LogP contribution in [0, 0.1) is 0 Å². The van der Waals surface area contributed by atoms with Gasteiger partial charge < -0.3 is 5.73 Å². The highest BCUT2D eigenvalue weighted by molar-refractivity contribution is 9.10. The van der Waals surface area contributed by atoms with E-state index < -0.39 is 0 Å². The van der Waals surface area contributed by atoms with Crippen LogP contribution >= 0.6 is 15.9 Å². The predicted molar refractivity (Wildman–Crippen MR) is 77.5 cm³/mol. The van der Waals surface area contributed by atoms with Gasteiger partial charge in [-0.1, -0.05) is 6.07 Å². The van der Waals surface area contributed by atoms with Gasteiger partial charge in [0.25, 0.3) is 0 Å². The maximum absolute atomic E-state index is 6.00. The van der Waals surface area contributed by atoms with E-state index >= 15 is 0 Å². The van der Waals surface area contributed by atoms with Crippen LogP contribution in [0.1, 0.15) is 5.56 Å². The standard InChI is InChI=1S/C11H11BrN8/c12-8-3-15-10(13)11(18-8)19(14)4-7-1-2-9-16-6-17-20(9)5-7/h1-3,5-6H,4,14H2,(H2,13,15). The Hall–Kier alpha value is -2.26. The van der Waals surface area contributed by atoms with Crippen molar-refractivity contribution < 1.29 is 0 Å². The van der Waals surface area contributed by atoms with Gasteiger partial charge in [0.05, 0.1) is 12.7 Å². The molecule has 0 atom stereocenters. The minimum atomic E-state index is 0.275. The summed E-state index contributed by atoms with van der Waals surface area (Å²) in [5, 5.41) is 5.51. The van der Waals surface area contributed by atoms with Crippen LogP contribution in [-0.4, -0.2) is 24.6 Å². The van der Waals surface area contributed by atoms with Crippen LogP contribution in [0.5, 0.6) is 0 Å². The number of halogens is 1. The molecular weight excluding hydrogens is 324 g/mol. The molecule has 0 aliphatic heterocycles. The van der Waals surface area contributed by atoms with Crippen LogP contribution in [0.15, 0.2) is 35.5 Å². The van der Waals surface area contributed by atoms with E-state index in [1.807, 2.05) is 18.3 Å². The van der Waals surface area contributed by atoms with Gasteiger partial charge in [-0.15, -0.1) is 0 Å². The molecule has 0 bridgehead atoms. The normalized spacial score (nSPS) is 10.9. The zero-order valence-electron chi connectivity index (χ0n) is 10.3. The molecule has 3 rings (SSSR count). The number of nitrogens with two attached hydrogens (primary N) is 2. The summed E-state index contributed by atoms with van der Waals surface area (Å²) in [6.07, 6.45) is 4.87. The Bertz CT molecular complexity index is 755. The van der Waals surface area contributed by atoms with E-state index in [0.717, 1.165) is 11.2 Å². The van der Waals surface area contributed by atoms with E-state index in [9.17, 15) is 0 Å². The van der Waals surface area contributed by atoms with Gasteiger partial charge in [-0.3, -0.25) is 5.01 Å². The van der Waals surface area contributed by atoms with Crippen molar-refractivity contribution in [1.29, 1.82) is 0 Å². The molecule has 0 amide bonds. The second kappa shape index (κ2) is 5.02. The minimum Gasteiger partial charge on any atom is -0.381 e. The van der Waals surface area contributed by atoms with Crippen molar-refractivity contribution in [2.24, 2.45) is 5.84 Å². The lowest BCUT2D eigenvalue weighted by molar-refractivity contribution is 0.814. The highest BCUT2D eigenvalue weighted by Gasteiger charge is 2.11. The number of fused-ring (bicyclic) bond motifs is 1. The molecule has 0 spiro atoms. The van der Waals surface area contributed by atoms with E-state index in [1.54, 1.807) is 4.52 Å². The summed E-state index contributed by atoms with van der Waals surface area (Å²) in [7, 11) is 0. The van der Waals surface area contributed by atoms with Gasteiger partial charge in [0.2, 0.25) is 0 Å². The lowest BCUT2D eigenvalue weighted by atomic mass is 10.3. The molecule has 20 heavy (non-hydrogen) atoms. The maximum Gasteiger partial charge on any atom is 0.187 e. The quantitative estimate of drug-likeness (QED) is 0.536. The zero-order valence-corrected chi connectivity index (χ0v) is 11.9. The Morgan fingerprint density at radius 1 is 1.30 bits per heavy atom. The monoisotopic (exact) mass is 334 g/mol. The molecule has 0 aliphatic rings. The summed E-state index contributed by atoms with van der Waals surface area (Å²) in [4.78, 5) is 12.3. The topological polar surface area (TPSA) is 111 Å². The molecule has 0 unspecified atom stereocenters. The largest absolute Gasteiger partial charge is 0.381 e. The van der Waals surface area contributed by atoms with Crippen LogP contribution < -0.4 is 16.6 Å². The Morgan fingerprint density at radius 2 is 2.15 bits per heavy atom. The summed E-state index contributed by atoms with van der Waals surface area (Å²) >= 11 is 3.24. The van der Waals surface area contributed by atoms with Crippen molar-refractivity contribution in [3.63, 3.8) is 0 Å². The first kappa shape index (κ1) is 12.8. The van der Waals surface area contributed by atoms with E-state index in [0.29, 0.717) is 17.0 Å².